The molecule has 0 radical (unpaired) electrons. The predicted molar refractivity (Wildman–Crippen MR) is 94.0 cm³/mol. The summed E-state index contributed by atoms with van der Waals surface area (Å²) in [5.41, 5.74) is -0.766. The second kappa shape index (κ2) is 7.61. The Morgan fingerprint density at radius 1 is 1.33 bits per heavy atom. The summed E-state index contributed by atoms with van der Waals surface area (Å²) in [5, 5.41) is 9.20. The van der Waals surface area contributed by atoms with Gasteiger partial charge in [0.05, 0.1) is 24.0 Å². The van der Waals surface area contributed by atoms with Crippen LogP contribution < -0.4 is 4.74 Å². The summed E-state index contributed by atoms with van der Waals surface area (Å²) in [7, 11) is 1.51. The molecule has 0 amide bonds. The van der Waals surface area contributed by atoms with Crippen LogP contribution in [0.1, 0.15) is 45.9 Å². The molecule has 0 bridgehead atoms. The van der Waals surface area contributed by atoms with Gasteiger partial charge in [-0.1, -0.05) is 11.8 Å². The topological polar surface area (TPSA) is 63.0 Å². The van der Waals surface area contributed by atoms with E-state index in [9.17, 15) is 23.2 Å². The lowest BCUT2D eigenvalue weighted by atomic mass is 10.1. The molecule has 2 aromatic rings. The highest BCUT2D eigenvalue weighted by molar-refractivity contribution is 8.00. The number of alkyl halides is 3. The maximum atomic E-state index is 13.3. The van der Waals surface area contributed by atoms with E-state index in [0.717, 1.165) is 30.7 Å². The van der Waals surface area contributed by atoms with Gasteiger partial charge in [0.2, 0.25) is 0 Å². The molecule has 27 heavy (non-hydrogen) atoms. The molecule has 0 aliphatic heterocycles. The standard InChI is InChI=1S/C19H15F3N2O2S/c1-26-13-6-4-12(5-7-13)17(25)10-27-18-14(9-23)15(19(20,21)22)8-16(24-18)11-2-3-11/h4-8,11H,2-3,10H2,1H3. The number of nitrogens with zero attached hydrogens (tertiary/aromatic N) is 2. The smallest absolute Gasteiger partial charge is 0.417 e. The van der Waals surface area contributed by atoms with Crippen LogP contribution in [0, 0.1) is 11.3 Å². The number of hydrogen-bond acceptors (Lipinski definition) is 5. The molecular formula is C19H15F3N2O2S. The molecule has 0 N–H and O–H groups in total. The fourth-order valence-electron chi connectivity index (χ4n) is 2.56. The van der Waals surface area contributed by atoms with Gasteiger partial charge in [-0.3, -0.25) is 4.79 Å². The van der Waals surface area contributed by atoms with Crippen LogP contribution in [0.15, 0.2) is 35.4 Å². The van der Waals surface area contributed by atoms with Crippen molar-refractivity contribution >= 4 is 17.5 Å². The number of rotatable bonds is 6. The maximum absolute atomic E-state index is 13.3. The highest BCUT2D eigenvalue weighted by Crippen LogP contribution is 2.43. The van der Waals surface area contributed by atoms with Crippen LogP contribution in [0.4, 0.5) is 13.2 Å². The molecule has 140 valence electrons. The molecule has 0 spiro atoms. The largest absolute Gasteiger partial charge is 0.497 e. The fourth-order valence-corrected chi connectivity index (χ4v) is 3.46. The summed E-state index contributed by atoms with van der Waals surface area (Å²) in [5.74, 6) is 0.216. The number of carbonyl (C=O) groups is 1. The zero-order chi connectivity index (χ0) is 19.6. The Morgan fingerprint density at radius 2 is 2.00 bits per heavy atom. The van der Waals surface area contributed by atoms with Crippen molar-refractivity contribution in [2.75, 3.05) is 12.9 Å². The molecule has 1 fully saturated rings. The minimum atomic E-state index is -4.65. The SMILES string of the molecule is COc1ccc(C(=O)CSc2nc(C3CC3)cc(C(F)(F)F)c2C#N)cc1. The van der Waals surface area contributed by atoms with Gasteiger partial charge in [-0.05, 0) is 43.2 Å². The number of carbonyl (C=O) groups excluding carboxylic acids is 1. The van der Waals surface area contributed by atoms with Crippen LogP contribution in [0.2, 0.25) is 0 Å². The molecule has 1 aromatic heterocycles. The Kier molecular flexibility index (Phi) is 5.42. The summed E-state index contributed by atoms with van der Waals surface area (Å²) in [6, 6.07) is 9.00. The van der Waals surface area contributed by atoms with E-state index in [2.05, 4.69) is 4.98 Å². The predicted octanol–water partition coefficient (Wildman–Crippen LogP) is 4.83. The lowest BCUT2D eigenvalue weighted by Gasteiger charge is -2.13. The summed E-state index contributed by atoms with van der Waals surface area (Å²) in [4.78, 5) is 16.6. The minimum Gasteiger partial charge on any atom is -0.497 e. The van der Waals surface area contributed by atoms with Crippen LogP contribution in [0.25, 0.3) is 0 Å². The fraction of sp³-hybridized carbons (Fsp3) is 0.316. The highest BCUT2D eigenvalue weighted by atomic mass is 32.2. The number of thioether (sulfide) groups is 1. The van der Waals surface area contributed by atoms with Crippen molar-refractivity contribution in [1.82, 2.24) is 4.98 Å². The number of halogens is 3. The van der Waals surface area contributed by atoms with E-state index in [-0.39, 0.29) is 22.5 Å². The van der Waals surface area contributed by atoms with Crippen LogP contribution in [0.5, 0.6) is 5.75 Å². The van der Waals surface area contributed by atoms with E-state index in [1.54, 1.807) is 30.3 Å². The summed E-state index contributed by atoms with van der Waals surface area (Å²) >= 11 is 0.860. The van der Waals surface area contributed by atoms with Gasteiger partial charge < -0.3 is 4.74 Å². The van der Waals surface area contributed by atoms with Gasteiger partial charge in [-0.25, -0.2) is 4.98 Å². The molecule has 4 nitrogen and oxygen atoms in total. The third kappa shape index (κ3) is 4.42. The summed E-state index contributed by atoms with van der Waals surface area (Å²) in [6.07, 6.45) is -3.08. The number of ketones is 1. The molecule has 1 aromatic carbocycles. The quantitative estimate of drug-likeness (QED) is 0.520. The number of nitriles is 1. The van der Waals surface area contributed by atoms with E-state index < -0.39 is 17.3 Å². The zero-order valence-corrected chi connectivity index (χ0v) is 15.2. The van der Waals surface area contributed by atoms with Gasteiger partial charge in [-0.15, -0.1) is 0 Å². The normalized spacial score (nSPS) is 13.9. The van der Waals surface area contributed by atoms with Crippen molar-refractivity contribution in [2.45, 2.75) is 30.0 Å². The van der Waals surface area contributed by atoms with Gasteiger partial charge in [0.1, 0.15) is 16.8 Å². The average molecular weight is 392 g/mol. The lowest BCUT2D eigenvalue weighted by Crippen LogP contribution is -2.12. The van der Waals surface area contributed by atoms with Gasteiger partial charge in [0.25, 0.3) is 0 Å². The number of methoxy groups -OCH3 is 1. The lowest BCUT2D eigenvalue weighted by molar-refractivity contribution is -0.138. The monoisotopic (exact) mass is 392 g/mol. The van der Waals surface area contributed by atoms with Crippen molar-refractivity contribution in [3.8, 4) is 11.8 Å². The second-order valence-corrected chi connectivity index (χ2v) is 7.06. The molecule has 1 aliphatic carbocycles. The van der Waals surface area contributed by atoms with Crippen molar-refractivity contribution in [3.05, 3.63) is 52.7 Å². The second-order valence-electron chi connectivity index (χ2n) is 6.10. The Bertz CT molecular complexity index is 901. The number of hydrogen-bond donors (Lipinski definition) is 0. The van der Waals surface area contributed by atoms with E-state index in [1.807, 2.05) is 0 Å². The Balaban J connectivity index is 1.85. The third-order valence-corrected chi connectivity index (χ3v) is 5.15. The van der Waals surface area contributed by atoms with Gasteiger partial charge in [0.15, 0.2) is 5.78 Å². The summed E-state index contributed by atoms with van der Waals surface area (Å²) in [6.45, 7) is 0. The maximum Gasteiger partial charge on any atom is 0.417 e. The third-order valence-electron chi connectivity index (χ3n) is 4.17. The number of benzene rings is 1. The van der Waals surface area contributed by atoms with Crippen LogP contribution in [0.3, 0.4) is 0 Å². The Labute approximate surface area is 158 Å². The van der Waals surface area contributed by atoms with Crippen molar-refractivity contribution in [3.63, 3.8) is 0 Å². The molecule has 8 heteroatoms. The van der Waals surface area contributed by atoms with Gasteiger partial charge in [-0.2, -0.15) is 18.4 Å². The van der Waals surface area contributed by atoms with Gasteiger partial charge in [0, 0.05) is 17.2 Å². The van der Waals surface area contributed by atoms with E-state index in [1.165, 1.54) is 7.11 Å². The molecule has 1 aliphatic rings. The van der Waals surface area contributed by atoms with Gasteiger partial charge >= 0.3 is 6.18 Å². The molecule has 1 saturated carbocycles. The average Bonchev–Trinajstić information content (AvgIpc) is 3.49. The summed E-state index contributed by atoms with van der Waals surface area (Å²) < 4.78 is 45.1. The molecule has 0 unspecified atom stereocenters. The van der Waals surface area contributed by atoms with Crippen LogP contribution in [-0.4, -0.2) is 23.6 Å². The number of Topliss-reactive ketones (excluding diaryl/α,β-unsaturated/α-hetero) is 1. The molecular weight excluding hydrogens is 377 g/mol. The molecule has 1 heterocycles. The van der Waals surface area contributed by atoms with Crippen LogP contribution in [-0.2, 0) is 6.18 Å². The van der Waals surface area contributed by atoms with Crippen molar-refractivity contribution in [1.29, 1.82) is 5.26 Å². The number of ether oxygens (including phenoxy) is 1. The van der Waals surface area contributed by atoms with E-state index >= 15 is 0 Å². The highest BCUT2D eigenvalue weighted by Gasteiger charge is 2.38. The van der Waals surface area contributed by atoms with E-state index in [0.29, 0.717) is 17.0 Å². The van der Waals surface area contributed by atoms with Crippen molar-refractivity contribution in [2.24, 2.45) is 0 Å². The Morgan fingerprint density at radius 3 is 2.52 bits per heavy atom. The first-order valence-electron chi connectivity index (χ1n) is 8.15. The number of pyridine rings is 1. The molecule has 0 saturated heterocycles. The first-order valence-corrected chi connectivity index (χ1v) is 9.14. The van der Waals surface area contributed by atoms with Crippen molar-refractivity contribution < 1.29 is 22.7 Å². The minimum absolute atomic E-state index is 0.00418. The molecule has 0 atom stereocenters. The molecule has 3 rings (SSSR count). The number of aromatic nitrogens is 1. The first-order chi connectivity index (χ1) is 12.8. The first kappa shape index (κ1) is 19.2. The zero-order valence-electron chi connectivity index (χ0n) is 14.3. The van der Waals surface area contributed by atoms with E-state index in [4.69, 9.17) is 4.74 Å². The van der Waals surface area contributed by atoms with Crippen LogP contribution >= 0.6 is 11.8 Å². The Hall–Kier alpha value is -2.53.